The first-order valence-electron chi connectivity index (χ1n) is 7.21. The molecule has 3 N–H and O–H groups in total. The van der Waals surface area contributed by atoms with Crippen LogP contribution in [0.1, 0.15) is 0 Å². The summed E-state index contributed by atoms with van der Waals surface area (Å²) in [5, 5.41) is 5.49. The number of nitrogens with two attached hydrogens (primary N) is 1. The number of nitrogen functional groups attached to an aromatic ring is 1. The van der Waals surface area contributed by atoms with Crippen LogP contribution in [-0.4, -0.2) is 26.0 Å². The van der Waals surface area contributed by atoms with Crippen LogP contribution in [-0.2, 0) is 0 Å². The van der Waals surface area contributed by atoms with Crippen LogP contribution >= 0.6 is 11.8 Å². The summed E-state index contributed by atoms with van der Waals surface area (Å²) in [6.45, 7) is 0. The minimum atomic E-state index is 0.583. The molecule has 0 spiro atoms. The third kappa shape index (κ3) is 2.27. The van der Waals surface area contributed by atoms with Crippen LogP contribution in [0.5, 0.6) is 0 Å². The largest absolute Gasteiger partial charge is 0.383 e. The van der Waals surface area contributed by atoms with Gasteiger partial charge >= 0.3 is 0 Å². The molecule has 2 aromatic heterocycles. The van der Waals surface area contributed by atoms with E-state index in [4.69, 9.17) is 5.73 Å². The fourth-order valence-electron chi connectivity index (χ4n) is 2.61. The Hall–Kier alpha value is -2.73. The zero-order chi connectivity index (χ0) is 15.8. The average Bonchev–Trinajstić information content (AvgIpc) is 3.15. The zero-order valence-electron chi connectivity index (χ0n) is 12.5. The standard InChI is InChI=1S/C17H15N5S/c1-23-17-14(16-19-12-9-5-6-10-13(12)20-16)15(18)22(21-17)11-7-3-2-4-8-11/h2-10H,18H2,1H3,(H,19,20). The van der Waals surface area contributed by atoms with Gasteiger partial charge in [0, 0.05) is 0 Å². The summed E-state index contributed by atoms with van der Waals surface area (Å²) >= 11 is 1.56. The van der Waals surface area contributed by atoms with Crippen molar-refractivity contribution in [3.63, 3.8) is 0 Å². The lowest BCUT2D eigenvalue weighted by molar-refractivity contribution is 0.846. The van der Waals surface area contributed by atoms with Crippen LogP contribution in [0.25, 0.3) is 28.1 Å². The minimum Gasteiger partial charge on any atom is -0.383 e. The molecule has 6 heteroatoms. The van der Waals surface area contributed by atoms with E-state index in [0.29, 0.717) is 5.82 Å². The van der Waals surface area contributed by atoms with Crippen molar-refractivity contribution in [2.45, 2.75) is 5.03 Å². The summed E-state index contributed by atoms with van der Waals surface area (Å²) in [6.07, 6.45) is 1.99. The molecule has 0 bridgehead atoms. The van der Waals surface area contributed by atoms with Gasteiger partial charge in [-0.2, -0.15) is 5.10 Å². The van der Waals surface area contributed by atoms with Crippen LogP contribution < -0.4 is 5.73 Å². The normalized spacial score (nSPS) is 11.2. The molecular formula is C17H15N5S. The second kappa shape index (κ2) is 5.48. The Bertz CT molecular complexity index is 938. The van der Waals surface area contributed by atoms with E-state index in [0.717, 1.165) is 33.1 Å². The lowest BCUT2D eigenvalue weighted by Crippen LogP contribution is -2.02. The molecule has 0 radical (unpaired) electrons. The van der Waals surface area contributed by atoms with Gasteiger partial charge in [0.25, 0.3) is 0 Å². The summed E-state index contributed by atoms with van der Waals surface area (Å²) in [4.78, 5) is 7.99. The highest BCUT2D eigenvalue weighted by Gasteiger charge is 2.20. The number of para-hydroxylation sites is 3. The predicted molar refractivity (Wildman–Crippen MR) is 94.8 cm³/mol. The van der Waals surface area contributed by atoms with Gasteiger partial charge in [-0.3, -0.25) is 0 Å². The van der Waals surface area contributed by atoms with Crippen molar-refractivity contribution in [3.05, 3.63) is 54.6 Å². The Labute approximate surface area is 137 Å². The second-order valence-electron chi connectivity index (χ2n) is 5.12. The Kier molecular flexibility index (Phi) is 3.31. The van der Waals surface area contributed by atoms with Crippen molar-refractivity contribution < 1.29 is 0 Å². The molecule has 0 fully saturated rings. The van der Waals surface area contributed by atoms with E-state index in [9.17, 15) is 0 Å². The molecule has 5 nitrogen and oxygen atoms in total. The number of rotatable bonds is 3. The Morgan fingerprint density at radius 1 is 1.04 bits per heavy atom. The number of nitrogens with one attached hydrogen (secondary N) is 1. The van der Waals surface area contributed by atoms with Crippen LogP contribution in [0.2, 0.25) is 0 Å². The third-order valence-corrected chi connectivity index (χ3v) is 4.38. The van der Waals surface area contributed by atoms with Gasteiger partial charge in [-0.15, -0.1) is 11.8 Å². The van der Waals surface area contributed by atoms with E-state index in [2.05, 4.69) is 15.1 Å². The third-order valence-electron chi connectivity index (χ3n) is 3.71. The van der Waals surface area contributed by atoms with E-state index in [-0.39, 0.29) is 0 Å². The van der Waals surface area contributed by atoms with Crippen LogP contribution in [0.3, 0.4) is 0 Å². The lowest BCUT2D eigenvalue weighted by atomic mass is 10.3. The summed E-state index contributed by atoms with van der Waals surface area (Å²) in [5.41, 5.74) is 10.1. The first-order valence-corrected chi connectivity index (χ1v) is 8.43. The number of hydrogen-bond donors (Lipinski definition) is 2. The average molecular weight is 321 g/mol. The van der Waals surface area contributed by atoms with Crippen LogP contribution in [0.15, 0.2) is 59.6 Å². The predicted octanol–water partition coefficient (Wildman–Crippen LogP) is 3.72. The van der Waals surface area contributed by atoms with Crippen molar-refractivity contribution in [3.8, 4) is 17.1 Å². The number of H-pyrrole nitrogens is 1. The SMILES string of the molecule is CSc1nn(-c2ccccc2)c(N)c1-c1nc2ccccc2[nH]1. The molecule has 0 aliphatic heterocycles. The fourth-order valence-corrected chi connectivity index (χ4v) is 3.18. The second-order valence-corrected chi connectivity index (χ2v) is 5.91. The van der Waals surface area contributed by atoms with Crippen molar-refractivity contribution in [1.29, 1.82) is 0 Å². The quantitative estimate of drug-likeness (QED) is 0.564. The summed E-state index contributed by atoms with van der Waals surface area (Å²) < 4.78 is 1.76. The monoisotopic (exact) mass is 321 g/mol. The van der Waals surface area contributed by atoms with Crippen LogP contribution in [0, 0.1) is 0 Å². The van der Waals surface area contributed by atoms with E-state index in [1.165, 1.54) is 0 Å². The maximum absolute atomic E-state index is 6.39. The Morgan fingerprint density at radius 2 is 1.78 bits per heavy atom. The molecule has 0 atom stereocenters. The van der Waals surface area contributed by atoms with Gasteiger partial charge < -0.3 is 10.7 Å². The molecule has 23 heavy (non-hydrogen) atoms. The highest BCUT2D eigenvalue weighted by Crippen LogP contribution is 2.35. The number of fused-ring (bicyclic) bond motifs is 1. The van der Waals surface area contributed by atoms with Gasteiger partial charge in [-0.05, 0) is 30.5 Å². The highest BCUT2D eigenvalue weighted by molar-refractivity contribution is 7.98. The van der Waals surface area contributed by atoms with Gasteiger partial charge in [0.05, 0.1) is 22.3 Å². The van der Waals surface area contributed by atoms with Crippen molar-refractivity contribution in [2.75, 3.05) is 12.0 Å². The van der Waals surface area contributed by atoms with E-state index in [1.54, 1.807) is 16.4 Å². The smallest absolute Gasteiger partial charge is 0.145 e. The molecule has 2 heterocycles. The number of benzene rings is 2. The summed E-state index contributed by atoms with van der Waals surface area (Å²) in [7, 11) is 0. The molecule has 0 amide bonds. The van der Waals surface area contributed by atoms with Crippen molar-refractivity contribution >= 4 is 28.6 Å². The maximum atomic E-state index is 6.39. The van der Waals surface area contributed by atoms with Gasteiger partial charge in [0.15, 0.2) is 0 Å². The molecule has 0 aliphatic carbocycles. The molecule has 4 aromatic rings. The first-order chi connectivity index (χ1) is 11.3. The molecule has 0 aliphatic rings. The number of imidazole rings is 1. The number of anilines is 1. The Morgan fingerprint density at radius 3 is 2.52 bits per heavy atom. The molecule has 2 aromatic carbocycles. The van der Waals surface area contributed by atoms with Gasteiger partial charge in [0.1, 0.15) is 16.7 Å². The number of aromatic amines is 1. The number of nitrogens with zero attached hydrogens (tertiary/aromatic N) is 3. The Balaban J connectivity index is 1.93. The summed E-state index contributed by atoms with van der Waals surface area (Å²) in [6, 6.07) is 17.8. The van der Waals surface area contributed by atoms with E-state index in [1.807, 2.05) is 60.9 Å². The van der Waals surface area contributed by atoms with Crippen molar-refractivity contribution in [1.82, 2.24) is 19.7 Å². The van der Waals surface area contributed by atoms with Gasteiger partial charge in [-0.1, -0.05) is 30.3 Å². The van der Waals surface area contributed by atoms with Gasteiger partial charge in [-0.25, -0.2) is 9.67 Å². The summed E-state index contributed by atoms with van der Waals surface area (Å²) in [5.74, 6) is 1.33. The molecule has 0 saturated carbocycles. The number of aromatic nitrogens is 4. The molecule has 4 rings (SSSR count). The topological polar surface area (TPSA) is 72.5 Å². The highest BCUT2D eigenvalue weighted by atomic mass is 32.2. The van der Waals surface area contributed by atoms with Crippen molar-refractivity contribution in [2.24, 2.45) is 0 Å². The first kappa shape index (κ1) is 13.9. The lowest BCUT2D eigenvalue weighted by Gasteiger charge is -2.03. The molecular weight excluding hydrogens is 306 g/mol. The molecule has 0 unspecified atom stereocenters. The van der Waals surface area contributed by atoms with Crippen LogP contribution in [0.4, 0.5) is 5.82 Å². The fraction of sp³-hybridized carbons (Fsp3) is 0.0588. The van der Waals surface area contributed by atoms with Gasteiger partial charge in [0.2, 0.25) is 0 Å². The van der Waals surface area contributed by atoms with E-state index >= 15 is 0 Å². The molecule has 0 saturated heterocycles. The zero-order valence-corrected chi connectivity index (χ0v) is 13.3. The number of thioether (sulfide) groups is 1. The maximum Gasteiger partial charge on any atom is 0.145 e. The van der Waals surface area contributed by atoms with E-state index < -0.39 is 0 Å². The number of hydrogen-bond acceptors (Lipinski definition) is 4. The minimum absolute atomic E-state index is 0.583. The molecule has 114 valence electrons.